The van der Waals surface area contributed by atoms with Crippen LogP contribution in [0.3, 0.4) is 0 Å². The molecular weight excluding hydrogens is 1020 g/mol. The van der Waals surface area contributed by atoms with E-state index in [9.17, 15) is 9.59 Å². The Balaban J connectivity index is 0.000000173. The van der Waals surface area contributed by atoms with E-state index in [1.165, 1.54) is 171 Å². The van der Waals surface area contributed by atoms with E-state index >= 15 is 0 Å². The van der Waals surface area contributed by atoms with Crippen LogP contribution in [0.5, 0.6) is 0 Å². The Bertz CT molecular complexity index is 3130. The van der Waals surface area contributed by atoms with Crippen LogP contribution in [0.1, 0.15) is 150 Å². The van der Waals surface area contributed by atoms with E-state index in [-0.39, 0.29) is 30.7 Å². The lowest BCUT2D eigenvalue weighted by Crippen LogP contribution is -2.45. The molecule has 12 nitrogen and oxygen atoms in total. The smallest absolute Gasteiger partial charge is 0.370 e. The lowest BCUT2D eigenvalue weighted by atomic mass is 9.81. The molecule has 2 saturated carbocycles. The van der Waals surface area contributed by atoms with Crippen LogP contribution in [0.2, 0.25) is 10.0 Å². The number of halogens is 2. The number of hydrogen-bond donors (Lipinski definition) is 0. The number of aromatic nitrogens is 2. The maximum Gasteiger partial charge on any atom is 0.373 e. The Morgan fingerprint density at radius 2 is 1.00 bits per heavy atom. The standard InChI is InChI=1S/C31H36ClN3O2.C31H40ClN3.2CO2/c1-21-10-12-24-26(18-21)34-17-14-28(36)35(20-29(37)33-15-6-3-7-16-33)27-19-23(32)11-13-25(27)31(34)30(24)22-8-4-2-5-9-22;1-23-11-13-26-29(21-23)35-18-8-17-34(20-19-33-15-6-3-7-16-33)28-22-25(32)12-14-27(28)31(35)30(26)24-9-4-2-5-10-24;2*2-1-3/h10-13,18-19,22H,2-9,14-17,20H2,1H3;11-14,21-22,24H,2-10,15-20H2,1H3;;. The van der Waals surface area contributed by atoms with Gasteiger partial charge in [0.25, 0.3) is 0 Å². The van der Waals surface area contributed by atoms with E-state index in [0.29, 0.717) is 29.8 Å². The summed E-state index contributed by atoms with van der Waals surface area (Å²) in [5.74, 6) is 1.17. The second kappa shape index (κ2) is 26.8. The highest BCUT2D eigenvalue weighted by Crippen LogP contribution is 2.50. The zero-order valence-corrected chi connectivity index (χ0v) is 47.3. The van der Waals surface area contributed by atoms with Gasteiger partial charge in [0, 0.05) is 101 Å². The zero-order chi connectivity index (χ0) is 54.7. The number of carbonyl (C=O) groups is 2. The molecule has 4 aliphatic heterocycles. The molecule has 0 radical (unpaired) electrons. The largest absolute Gasteiger partial charge is 0.373 e. The summed E-state index contributed by atoms with van der Waals surface area (Å²) in [6, 6.07) is 26.5. The molecule has 6 aliphatic rings. The normalized spacial score (nSPS) is 18.1. The van der Waals surface area contributed by atoms with E-state index in [4.69, 9.17) is 42.4 Å². The fourth-order valence-electron chi connectivity index (χ4n) is 13.8. The molecule has 6 aromatic rings. The molecule has 0 N–H and O–H groups in total. The maximum atomic E-state index is 13.7. The molecule has 2 aliphatic carbocycles. The fourth-order valence-corrected chi connectivity index (χ4v) is 14.1. The number of piperidine rings is 2. The van der Waals surface area contributed by atoms with Gasteiger partial charge in [-0.3, -0.25) is 9.59 Å². The Morgan fingerprint density at radius 1 is 0.526 bits per heavy atom. The van der Waals surface area contributed by atoms with Crippen molar-refractivity contribution in [3.63, 3.8) is 0 Å². The van der Waals surface area contributed by atoms with Crippen molar-refractivity contribution in [2.45, 2.75) is 154 Å². The number of carbonyl (C=O) groups excluding carboxylic acids is 6. The highest BCUT2D eigenvalue weighted by atomic mass is 35.5. The summed E-state index contributed by atoms with van der Waals surface area (Å²) in [4.78, 5) is 68.5. The summed E-state index contributed by atoms with van der Waals surface area (Å²) >= 11 is 13.2. The topological polar surface area (TPSA) is 125 Å². The van der Waals surface area contributed by atoms with Crippen LogP contribution >= 0.6 is 23.2 Å². The molecule has 2 aromatic heterocycles. The first-order valence-electron chi connectivity index (χ1n) is 28.9. The molecule has 2 amide bonds. The van der Waals surface area contributed by atoms with Gasteiger partial charge in [0.1, 0.15) is 6.54 Å². The first-order chi connectivity index (χ1) is 38.0. The second-order valence-corrected chi connectivity index (χ2v) is 23.3. The number of nitrogens with zero attached hydrogens (tertiary/aromatic N) is 6. The molecule has 78 heavy (non-hydrogen) atoms. The van der Waals surface area contributed by atoms with E-state index in [2.05, 4.69) is 93.4 Å². The number of hydrogen-bond acceptors (Lipinski definition) is 8. The van der Waals surface area contributed by atoms with Crippen molar-refractivity contribution >= 4 is 80.5 Å². The van der Waals surface area contributed by atoms with E-state index < -0.39 is 0 Å². The molecule has 0 spiro atoms. The number of fused-ring (bicyclic) bond motifs is 10. The van der Waals surface area contributed by atoms with Crippen LogP contribution < -0.4 is 9.80 Å². The first kappa shape index (κ1) is 56.7. The van der Waals surface area contributed by atoms with Crippen molar-refractivity contribution in [2.75, 3.05) is 62.2 Å². The lowest BCUT2D eigenvalue weighted by Gasteiger charge is -2.34. The molecule has 0 bridgehead atoms. The minimum atomic E-state index is -0.0201. The third-order valence-electron chi connectivity index (χ3n) is 17.4. The molecular formula is C64H76Cl2N6O6. The number of aryl methyl sites for hydroxylation is 4. The van der Waals surface area contributed by atoms with Crippen LogP contribution in [-0.2, 0) is 41.9 Å². The van der Waals surface area contributed by atoms with Crippen molar-refractivity contribution in [2.24, 2.45) is 0 Å². The van der Waals surface area contributed by atoms with Gasteiger partial charge >= 0.3 is 12.3 Å². The molecule has 4 aromatic carbocycles. The summed E-state index contributed by atoms with van der Waals surface area (Å²) in [6.07, 6.45) is 22.3. The summed E-state index contributed by atoms with van der Waals surface area (Å²) < 4.78 is 5.04. The van der Waals surface area contributed by atoms with Crippen molar-refractivity contribution in [1.29, 1.82) is 0 Å². The van der Waals surface area contributed by atoms with E-state index in [1.807, 2.05) is 17.0 Å². The van der Waals surface area contributed by atoms with Gasteiger partial charge in [-0.25, -0.2) is 0 Å². The zero-order valence-electron chi connectivity index (χ0n) is 45.8. The van der Waals surface area contributed by atoms with Gasteiger partial charge in [-0.05, 0) is 174 Å². The van der Waals surface area contributed by atoms with Crippen molar-refractivity contribution in [3.8, 4) is 22.5 Å². The van der Waals surface area contributed by atoms with E-state index in [0.717, 1.165) is 68.4 Å². The highest BCUT2D eigenvalue weighted by Gasteiger charge is 2.34. The molecule has 2 saturated heterocycles. The number of rotatable bonds is 7. The average Bonchev–Trinajstić information content (AvgIpc) is 4.18. The molecule has 4 fully saturated rings. The molecule has 14 heteroatoms. The van der Waals surface area contributed by atoms with E-state index in [1.54, 1.807) is 10.5 Å². The summed E-state index contributed by atoms with van der Waals surface area (Å²) in [6.45, 7) is 13.6. The minimum absolute atomic E-state index is 0.0201. The summed E-state index contributed by atoms with van der Waals surface area (Å²) in [5.41, 5.74) is 15.4. The molecule has 6 heterocycles. The molecule has 0 atom stereocenters. The van der Waals surface area contributed by atoms with Crippen LogP contribution in [0.4, 0.5) is 11.4 Å². The monoisotopic (exact) mass is 1090 g/mol. The Hall–Kier alpha value is -6.00. The summed E-state index contributed by atoms with van der Waals surface area (Å²) in [5, 5.41) is 4.23. The predicted molar refractivity (Wildman–Crippen MR) is 310 cm³/mol. The number of anilines is 2. The van der Waals surface area contributed by atoms with Gasteiger partial charge in [0.05, 0.1) is 17.1 Å². The van der Waals surface area contributed by atoms with Gasteiger partial charge < -0.3 is 28.7 Å². The second-order valence-electron chi connectivity index (χ2n) is 22.4. The van der Waals surface area contributed by atoms with Crippen LogP contribution in [0, 0.1) is 13.8 Å². The Labute approximate surface area is 470 Å². The molecule has 0 unspecified atom stereocenters. The van der Waals surface area contributed by atoms with Crippen molar-refractivity contribution < 1.29 is 28.8 Å². The van der Waals surface area contributed by atoms with Crippen molar-refractivity contribution in [1.82, 2.24) is 18.9 Å². The molecule has 12 rings (SSSR count). The fraction of sp³-hybridized carbons (Fsp3) is 0.500. The Morgan fingerprint density at radius 3 is 1.54 bits per heavy atom. The summed E-state index contributed by atoms with van der Waals surface area (Å²) in [7, 11) is 0. The number of likely N-dealkylation sites (tertiary alicyclic amines) is 2. The van der Waals surface area contributed by atoms with Gasteiger partial charge in [0.2, 0.25) is 11.8 Å². The Kier molecular flexibility index (Phi) is 19.5. The van der Waals surface area contributed by atoms with Crippen LogP contribution in [0.25, 0.3) is 44.3 Å². The lowest BCUT2D eigenvalue weighted by molar-refractivity contribution is -0.193. The third-order valence-corrected chi connectivity index (χ3v) is 17.9. The van der Waals surface area contributed by atoms with Gasteiger partial charge in [0.15, 0.2) is 0 Å². The van der Waals surface area contributed by atoms with Crippen LogP contribution in [-0.4, -0.2) is 95.4 Å². The predicted octanol–water partition coefficient (Wildman–Crippen LogP) is 13.9. The SMILES string of the molecule is Cc1ccc2c(C3CCCCC3)c3n(c2c1)CCC(=O)N(CC(=O)N1CCCCC1)c1cc(Cl)ccc1-3.Cc1ccc2c(C3CCCCC3)c3n(c2c1)CCCN(CCN1CCCCC1)c1cc(Cl)ccc1-3.O=C=O.O=C=O. The average molecular weight is 1100 g/mol. The van der Waals surface area contributed by atoms with Gasteiger partial charge in [-0.15, -0.1) is 0 Å². The minimum Gasteiger partial charge on any atom is -0.370 e. The quantitative estimate of drug-likeness (QED) is 0.155. The van der Waals surface area contributed by atoms with Gasteiger partial charge in [-0.1, -0.05) is 92.4 Å². The van der Waals surface area contributed by atoms with Gasteiger partial charge in [-0.2, -0.15) is 19.2 Å². The first-order valence-corrected chi connectivity index (χ1v) is 29.7. The maximum absolute atomic E-state index is 13.7. The molecule has 412 valence electrons. The number of amides is 2. The van der Waals surface area contributed by atoms with Crippen molar-refractivity contribution in [3.05, 3.63) is 105 Å². The third kappa shape index (κ3) is 12.7. The van der Waals surface area contributed by atoms with Crippen LogP contribution in [0.15, 0.2) is 72.8 Å². The highest BCUT2D eigenvalue weighted by molar-refractivity contribution is 6.31. The number of benzene rings is 4.